The fourth-order valence-corrected chi connectivity index (χ4v) is 1.71. The van der Waals surface area contributed by atoms with Gasteiger partial charge in [-0.3, -0.25) is 4.79 Å². The summed E-state index contributed by atoms with van der Waals surface area (Å²) in [4.78, 5) is 11.9. The van der Waals surface area contributed by atoms with E-state index in [9.17, 15) is 9.18 Å². The van der Waals surface area contributed by atoms with Crippen LogP contribution >= 0.6 is 0 Å². The van der Waals surface area contributed by atoms with E-state index in [0.29, 0.717) is 17.0 Å². The number of ether oxygens (including phenoxy) is 1. The Morgan fingerprint density at radius 1 is 1.37 bits per heavy atom. The monoisotopic (exact) mass is 263 g/mol. The van der Waals surface area contributed by atoms with Crippen LogP contribution in [0.5, 0.6) is 5.75 Å². The van der Waals surface area contributed by atoms with Gasteiger partial charge in [-0.15, -0.1) is 0 Å². The number of rotatable bonds is 1. The van der Waals surface area contributed by atoms with Crippen LogP contribution in [0, 0.1) is 11.2 Å². The molecule has 19 heavy (non-hydrogen) atoms. The fourth-order valence-electron chi connectivity index (χ4n) is 1.71. The highest BCUT2D eigenvalue weighted by molar-refractivity contribution is 5.94. The van der Waals surface area contributed by atoms with E-state index in [1.54, 1.807) is 39.0 Å². The highest BCUT2D eigenvalue weighted by Crippen LogP contribution is 2.32. The van der Waals surface area contributed by atoms with E-state index in [2.05, 4.69) is 5.32 Å². The molecule has 0 aliphatic carbocycles. The number of fused-ring (bicyclic) bond motifs is 1. The third-order valence-electron chi connectivity index (χ3n) is 2.88. The van der Waals surface area contributed by atoms with E-state index in [1.165, 1.54) is 6.07 Å². The summed E-state index contributed by atoms with van der Waals surface area (Å²) in [6.07, 6.45) is 3.40. The molecular weight excluding hydrogens is 245 g/mol. The smallest absolute Gasteiger partial charge is 0.229 e. The lowest BCUT2D eigenvalue weighted by molar-refractivity contribution is -0.123. The van der Waals surface area contributed by atoms with Gasteiger partial charge in [-0.1, -0.05) is 20.8 Å². The quantitative estimate of drug-likeness (QED) is 0.840. The van der Waals surface area contributed by atoms with E-state index in [-0.39, 0.29) is 12.0 Å². The molecule has 0 spiro atoms. The van der Waals surface area contributed by atoms with Crippen molar-refractivity contribution in [2.45, 2.75) is 33.8 Å². The van der Waals surface area contributed by atoms with Crippen LogP contribution in [-0.4, -0.2) is 12.0 Å². The Hall–Kier alpha value is -1.84. The Labute approximate surface area is 112 Å². The van der Waals surface area contributed by atoms with Crippen LogP contribution in [0.15, 0.2) is 18.2 Å². The predicted molar refractivity (Wildman–Crippen MR) is 73.6 cm³/mol. The zero-order chi connectivity index (χ0) is 14.2. The molecule has 4 heteroatoms. The Balaban J connectivity index is 2.30. The van der Waals surface area contributed by atoms with Gasteiger partial charge in [-0.05, 0) is 25.1 Å². The Morgan fingerprint density at radius 3 is 2.68 bits per heavy atom. The number of nitrogens with one attached hydrogen (secondary N) is 1. The minimum atomic E-state index is -0.527. The van der Waals surface area contributed by atoms with E-state index >= 15 is 0 Å². The molecule has 1 atom stereocenters. The summed E-state index contributed by atoms with van der Waals surface area (Å²) in [5.41, 5.74) is 0.311. The van der Waals surface area contributed by atoms with Crippen molar-refractivity contribution < 1.29 is 13.9 Å². The van der Waals surface area contributed by atoms with Crippen LogP contribution in [0.1, 0.15) is 33.3 Å². The minimum absolute atomic E-state index is 0.0968. The molecule has 0 bridgehead atoms. The van der Waals surface area contributed by atoms with Gasteiger partial charge in [0.1, 0.15) is 17.7 Å². The highest BCUT2D eigenvalue weighted by atomic mass is 19.1. The zero-order valence-corrected chi connectivity index (χ0v) is 11.6. The minimum Gasteiger partial charge on any atom is -0.486 e. The van der Waals surface area contributed by atoms with Crippen molar-refractivity contribution in [3.8, 4) is 5.75 Å². The zero-order valence-electron chi connectivity index (χ0n) is 11.6. The van der Waals surface area contributed by atoms with Gasteiger partial charge >= 0.3 is 0 Å². The topological polar surface area (TPSA) is 38.3 Å². The van der Waals surface area contributed by atoms with E-state index in [0.717, 1.165) is 0 Å². The average molecular weight is 263 g/mol. The first-order valence-electron chi connectivity index (χ1n) is 6.27. The summed E-state index contributed by atoms with van der Waals surface area (Å²) >= 11 is 0. The van der Waals surface area contributed by atoms with Crippen molar-refractivity contribution >= 4 is 17.7 Å². The molecule has 1 aliphatic heterocycles. The third kappa shape index (κ3) is 2.95. The number of anilines is 1. The van der Waals surface area contributed by atoms with E-state index in [1.807, 2.05) is 6.92 Å². The fraction of sp³-hybridized carbons (Fsp3) is 0.400. The number of halogens is 1. The highest BCUT2D eigenvalue weighted by Gasteiger charge is 2.23. The van der Waals surface area contributed by atoms with Crippen LogP contribution in [-0.2, 0) is 4.79 Å². The molecule has 1 N–H and O–H groups in total. The maximum Gasteiger partial charge on any atom is 0.229 e. The summed E-state index contributed by atoms with van der Waals surface area (Å²) in [5, 5.41) is 2.70. The van der Waals surface area contributed by atoms with Crippen LogP contribution in [0.4, 0.5) is 10.1 Å². The Bertz CT molecular complexity index is 544. The Kier molecular flexibility index (Phi) is 3.35. The summed E-state index contributed by atoms with van der Waals surface area (Å²) in [7, 11) is 0. The lowest BCUT2D eigenvalue weighted by Crippen LogP contribution is -2.27. The molecule has 1 aromatic rings. The van der Waals surface area contributed by atoms with Gasteiger partial charge in [0.25, 0.3) is 0 Å². The molecule has 102 valence electrons. The second-order valence-electron chi connectivity index (χ2n) is 5.76. The average Bonchev–Trinajstić information content (AvgIpc) is 2.26. The van der Waals surface area contributed by atoms with Gasteiger partial charge in [0.05, 0.1) is 5.56 Å². The molecule has 1 heterocycles. The number of hydrogen-bond acceptors (Lipinski definition) is 2. The molecule has 1 aliphatic rings. The summed E-state index contributed by atoms with van der Waals surface area (Å²) in [5.74, 6) is -0.102. The summed E-state index contributed by atoms with van der Waals surface area (Å²) in [6.45, 7) is 7.28. The first-order chi connectivity index (χ1) is 8.77. The molecule has 0 radical (unpaired) electrons. The number of hydrogen-bond donors (Lipinski definition) is 1. The predicted octanol–water partition coefficient (Wildman–Crippen LogP) is 3.60. The molecule has 0 fully saturated rings. The van der Waals surface area contributed by atoms with Gasteiger partial charge in [0.15, 0.2) is 0 Å². The molecule has 0 saturated heterocycles. The molecule has 3 nitrogen and oxygen atoms in total. The largest absolute Gasteiger partial charge is 0.486 e. The lowest BCUT2D eigenvalue weighted by Gasteiger charge is -2.21. The molecule has 1 amide bonds. The van der Waals surface area contributed by atoms with Crippen LogP contribution in [0.2, 0.25) is 0 Å². The van der Waals surface area contributed by atoms with E-state index < -0.39 is 11.2 Å². The van der Waals surface area contributed by atoms with Gasteiger partial charge in [0.2, 0.25) is 5.91 Å². The molecule has 0 saturated carbocycles. The van der Waals surface area contributed by atoms with Crippen molar-refractivity contribution in [3.63, 3.8) is 0 Å². The van der Waals surface area contributed by atoms with Crippen molar-refractivity contribution in [1.29, 1.82) is 0 Å². The van der Waals surface area contributed by atoms with Crippen molar-refractivity contribution in [2.75, 3.05) is 5.32 Å². The van der Waals surface area contributed by atoms with E-state index in [4.69, 9.17) is 4.74 Å². The first kappa shape index (κ1) is 13.6. The maximum atomic E-state index is 13.9. The standard InChI is InChI=1S/C15H18FNO2/c1-9-5-6-11-12(16)7-10(8-13(11)19-9)17-14(18)15(2,3)4/h5-9H,1-4H3,(H,17,18). The lowest BCUT2D eigenvalue weighted by atomic mass is 9.95. The number of benzene rings is 1. The normalized spacial score (nSPS) is 17.6. The van der Waals surface area contributed by atoms with Gasteiger partial charge < -0.3 is 10.1 Å². The van der Waals surface area contributed by atoms with Gasteiger partial charge in [-0.2, -0.15) is 0 Å². The van der Waals surface area contributed by atoms with Crippen molar-refractivity contribution in [3.05, 3.63) is 29.6 Å². The van der Waals surface area contributed by atoms with Crippen LogP contribution in [0.25, 0.3) is 6.08 Å². The van der Waals surface area contributed by atoms with Crippen LogP contribution in [0.3, 0.4) is 0 Å². The molecule has 1 unspecified atom stereocenters. The Morgan fingerprint density at radius 2 is 2.05 bits per heavy atom. The number of carbonyl (C=O) groups is 1. The van der Waals surface area contributed by atoms with Crippen LogP contribution < -0.4 is 10.1 Å². The molecule has 0 aromatic heterocycles. The van der Waals surface area contributed by atoms with Gasteiger partial charge in [-0.25, -0.2) is 4.39 Å². The molecule has 1 aromatic carbocycles. The maximum absolute atomic E-state index is 13.9. The SMILES string of the molecule is CC1C=Cc2c(F)cc(NC(=O)C(C)(C)C)cc2O1. The van der Waals surface area contributed by atoms with Gasteiger partial charge in [0, 0.05) is 17.2 Å². The summed E-state index contributed by atoms with van der Waals surface area (Å²) < 4.78 is 19.5. The first-order valence-corrected chi connectivity index (χ1v) is 6.27. The molecular formula is C15H18FNO2. The van der Waals surface area contributed by atoms with Crippen molar-refractivity contribution in [2.24, 2.45) is 5.41 Å². The second kappa shape index (κ2) is 4.68. The second-order valence-corrected chi connectivity index (χ2v) is 5.76. The number of carbonyl (C=O) groups excluding carboxylic acids is 1. The third-order valence-corrected chi connectivity index (χ3v) is 2.88. The summed E-state index contributed by atoms with van der Waals surface area (Å²) in [6, 6.07) is 2.97. The molecule has 2 rings (SSSR count). The number of amides is 1. The van der Waals surface area contributed by atoms with Crippen molar-refractivity contribution in [1.82, 2.24) is 0 Å².